The number of urea groups is 1. The van der Waals surface area contributed by atoms with Gasteiger partial charge < -0.3 is 10.6 Å². The molecular weight excluding hydrogens is 278 g/mol. The van der Waals surface area contributed by atoms with E-state index in [4.69, 9.17) is 0 Å². The first-order chi connectivity index (χ1) is 10.6. The molecular formula is C16H17N5O. The van der Waals surface area contributed by atoms with Crippen molar-refractivity contribution < 1.29 is 4.79 Å². The van der Waals surface area contributed by atoms with Crippen molar-refractivity contribution in [2.75, 3.05) is 5.32 Å². The lowest BCUT2D eigenvalue weighted by Gasteiger charge is -2.13. The van der Waals surface area contributed by atoms with Gasteiger partial charge in [0.1, 0.15) is 0 Å². The molecule has 2 amide bonds. The minimum atomic E-state index is -0.272. The lowest BCUT2D eigenvalue weighted by molar-refractivity contribution is 0.249. The zero-order chi connectivity index (χ0) is 15.5. The van der Waals surface area contributed by atoms with Crippen molar-refractivity contribution in [3.63, 3.8) is 0 Å². The molecule has 3 aromatic rings. The Morgan fingerprint density at radius 3 is 2.86 bits per heavy atom. The molecule has 112 valence electrons. The molecule has 6 heteroatoms. The van der Waals surface area contributed by atoms with Gasteiger partial charge in [0.2, 0.25) is 0 Å². The number of pyridine rings is 1. The number of anilines is 1. The van der Waals surface area contributed by atoms with Gasteiger partial charge in [0.15, 0.2) is 11.5 Å². The summed E-state index contributed by atoms with van der Waals surface area (Å²) < 4.78 is 1.86. The van der Waals surface area contributed by atoms with Gasteiger partial charge in [0.25, 0.3) is 0 Å². The summed E-state index contributed by atoms with van der Waals surface area (Å²) in [5.74, 6) is 0.690. The lowest BCUT2D eigenvalue weighted by atomic mass is 10.2. The van der Waals surface area contributed by atoms with Crippen molar-refractivity contribution in [3.05, 3.63) is 60.0 Å². The van der Waals surface area contributed by atoms with E-state index in [9.17, 15) is 4.79 Å². The summed E-state index contributed by atoms with van der Waals surface area (Å²) in [4.78, 5) is 12.1. The van der Waals surface area contributed by atoms with Crippen LogP contribution in [0.2, 0.25) is 0 Å². The average molecular weight is 295 g/mol. The quantitative estimate of drug-likeness (QED) is 0.780. The molecule has 2 heterocycles. The number of benzene rings is 1. The van der Waals surface area contributed by atoms with Gasteiger partial charge in [-0.2, -0.15) is 0 Å². The minimum absolute atomic E-state index is 0.262. The number of aryl methyl sites for hydroxylation is 1. The number of aromatic nitrogens is 3. The van der Waals surface area contributed by atoms with Crippen LogP contribution in [0.15, 0.2) is 48.7 Å². The Labute approximate surface area is 128 Å². The summed E-state index contributed by atoms with van der Waals surface area (Å²) in [5, 5.41) is 13.9. The van der Waals surface area contributed by atoms with Crippen LogP contribution in [-0.2, 0) is 0 Å². The number of hydrogen-bond acceptors (Lipinski definition) is 3. The number of hydrogen-bond donors (Lipinski definition) is 2. The monoisotopic (exact) mass is 295 g/mol. The Hall–Kier alpha value is -2.89. The van der Waals surface area contributed by atoms with Gasteiger partial charge in [-0.25, -0.2) is 4.79 Å². The molecule has 0 saturated heterocycles. The van der Waals surface area contributed by atoms with Crippen LogP contribution in [0.4, 0.5) is 10.5 Å². The molecule has 0 aliphatic carbocycles. The van der Waals surface area contributed by atoms with Crippen LogP contribution >= 0.6 is 0 Å². The van der Waals surface area contributed by atoms with E-state index < -0.39 is 0 Å². The van der Waals surface area contributed by atoms with E-state index in [1.54, 1.807) is 0 Å². The van der Waals surface area contributed by atoms with Gasteiger partial charge in [-0.05, 0) is 43.7 Å². The predicted molar refractivity (Wildman–Crippen MR) is 84.7 cm³/mol. The fourth-order valence-corrected chi connectivity index (χ4v) is 2.31. The number of carbonyl (C=O) groups excluding carboxylic acids is 1. The number of nitrogens with zero attached hydrogens (tertiary/aromatic N) is 3. The van der Waals surface area contributed by atoms with Gasteiger partial charge in [0, 0.05) is 11.9 Å². The molecule has 0 saturated carbocycles. The van der Waals surface area contributed by atoms with Crippen LogP contribution in [-0.4, -0.2) is 20.6 Å². The van der Waals surface area contributed by atoms with E-state index in [1.165, 1.54) is 0 Å². The van der Waals surface area contributed by atoms with Crippen molar-refractivity contribution >= 4 is 17.4 Å². The molecule has 0 aliphatic rings. The molecule has 0 radical (unpaired) electrons. The smallest absolute Gasteiger partial charge is 0.319 e. The maximum atomic E-state index is 12.1. The molecule has 0 spiro atoms. The molecule has 0 aliphatic heterocycles. The summed E-state index contributed by atoms with van der Waals surface area (Å²) in [6.07, 6.45) is 1.88. The Morgan fingerprint density at radius 2 is 2.05 bits per heavy atom. The molecule has 1 aromatic carbocycles. The highest BCUT2D eigenvalue weighted by atomic mass is 16.2. The van der Waals surface area contributed by atoms with Gasteiger partial charge >= 0.3 is 6.03 Å². The number of nitrogens with one attached hydrogen (secondary N) is 2. The van der Waals surface area contributed by atoms with Crippen molar-refractivity contribution in [2.24, 2.45) is 0 Å². The first kappa shape index (κ1) is 14.1. The minimum Gasteiger partial charge on any atom is -0.328 e. The van der Waals surface area contributed by atoms with Crippen molar-refractivity contribution in [2.45, 2.75) is 19.9 Å². The van der Waals surface area contributed by atoms with Gasteiger partial charge in [-0.15, -0.1) is 10.2 Å². The molecule has 3 rings (SSSR count). The summed E-state index contributed by atoms with van der Waals surface area (Å²) in [6, 6.07) is 12.8. The third-order valence-corrected chi connectivity index (χ3v) is 3.35. The Morgan fingerprint density at radius 1 is 1.18 bits per heavy atom. The molecule has 2 aromatic heterocycles. The summed E-state index contributed by atoms with van der Waals surface area (Å²) in [7, 11) is 0. The Bertz CT molecular complexity index is 811. The molecule has 0 bridgehead atoms. The van der Waals surface area contributed by atoms with Crippen LogP contribution in [0.25, 0.3) is 5.65 Å². The van der Waals surface area contributed by atoms with Crippen molar-refractivity contribution in [3.8, 4) is 0 Å². The summed E-state index contributed by atoms with van der Waals surface area (Å²) >= 11 is 0. The van der Waals surface area contributed by atoms with Crippen LogP contribution < -0.4 is 10.6 Å². The third kappa shape index (κ3) is 2.90. The van der Waals surface area contributed by atoms with E-state index in [0.717, 1.165) is 16.9 Å². The summed E-state index contributed by atoms with van der Waals surface area (Å²) in [6.45, 7) is 3.85. The maximum Gasteiger partial charge on any atom is 0.319 e. The Balaban J connectivity index is 1.71. The van der Waals surface area contributed by atoms with E-state index >= 15 is 0 Å². The standard InChI is InChI=1S/C16H17N5O/c1-11-6-5-7-13(10-11)18-16(22)17-12(2)15-20-19-14-8-3-4-9-21(14)15/h3-10,12H,1-2H3,(H2,17,18,22). The lowest BCUT2D eigenvalue weighted by Crippen LogP contribution is -2.32. The number of carbonyl (C=O) groups is 1. The summed E-state index contributed by atoms with van der Waals surface area (Å²) in [5.41, 5.74) is 2.61. The zero-order valence-corrected chi connectivity index (χ0v) is 12.4. The van der Waals surface area contributed by atoms with Gasteiger partial charge in [-0.3, -0.25) is 4.40 Å². The highest BCUT2D eigenvalue weighted by molar-refractivity contribution is 5.89. The SMILES string of the molecule is Cc1cccc(NC(=O)NC(C)c2nnc3ccccn23)c1. The van der Waals surface area contributed by atoms with E-state index in [2.05, 4.69) is 20.8 Å². The van der Waals surface area contributed by atoms with Crippen LogP contribution in [0, 0.1) is 6.92 Å². The zero-order valence-electron chi connectivity index (χ0n) is 12.4. The maximum absolute atomic E-state index is 12.1. The molecule has 0 fully saturated rings. The fourth-order valence-electron chi connectivity index (χ4n) is 2.31. The van der Waals surface area contributed by atoms with E-state index in [0.29, 0.717) is 5.82 Å². The highest BCUT2D eigenvalue weighted by Gasteiger charge is 2.15. The van der Waals surface area contributed by atoms with Gasteiger partial charge in [-0.1, -0.05) is 18.2 Å². The van der Waals surface area contributed by atoms with E-state index in [1.807, 2.05) is 66.9 Å². The number of rotatable bonds is 3. The molecule has 1 atom stereocenters. The topological polar surface area (TPSA) is 71.3 Å². The number of fused-ring (bicyclic) bond motifs is 1. The van der Waals surface area contributed by atoms with Crippen molar-refractivity contribution in [1.29, 1.82) is 0 Å². The molecule has 1 unspecified atom stereocenters. The fraction of sp³-hybridized carbons (Fsp3) is 0.188. The largest absolute Gasteiger partial charge is 0.328 e. The normalized spacial score (nSPS) is 12.1. The third-order valence-electron chi connectivity index (χ3n) is 3.35. The second-order valence-corrected chi connectivity index (χ2v) is 5.18. The second-order valence-electron chi connectivity index (χ2n) is 5.18. The first-order valence-electron chi connectivity index (χ1n) is 7.07. The van der Waals surface area contributed by atoms with E-state index in [-0.39, 0.29) is 12.1 Å². The predicted octanol–water partition coefficient (Wildman–Crippen LogP) is 2.92. The Kier molecular flexibility index (Phi) is 3.74. The molecule has 22 heavy (non-hydrogen) atoms. The van der Waals surface area contributed by atoms with Crippen LogP contribution in [0.3, 0.4) is 0 Å². The van der Waals surface area contributed by atoms with Crippen LogP contribution in [0.5, 0.6) is 0 Å². The highest BCUT2D eigenvalue weighted by Crippen LogP contribution is 2.13. The first-order valence-corrected chi connectivity index (χ1v) is 7.07. The second kappa shape index (κ2) is 5.85. The molecule has 6 nitrogen and oxygen atoms in total. The van der Waals surface area contributed by atoms with Crippen molar-refractivity contribution in [1.82, 2.24) is 19.9 Å². The number of amides is 2. The van der Waals surface area contributed by atoms with Crippen LogP contribution in [0.1, 0.15) is 24.4 Å². The van der Waals surface area contributed by atoms with Gasteiger partial charge in [0.05, 0.1) is 6.04 Å². The average Bonchev–Trinajstić information content (AvgIpc) is 2.91. The molecule has 2 N–H and O–H groups in total.